The summed E-state index contributed by atoms with van der Waals surface area (Å²) >= 11 is 4.63. The molecule has 1 saturated carbocycles. The first-order chi connectivity index (χ1) is 7.92. The van der Waals surface area contributed by atoms with Crippen LogP contribution in [0.5, 0.6) is 0 Å². The number of alkyl carbamates (subject to hydrolysis) is 1. The average Bonchev–Trinajstić information content (AvgIpc) is 2.18. The molecule has 0 aromatic heterocycles. The fourth-order valence-electron chi connectivity index (χ4n) is 1.96. The molecule has 4 nitrogen and oxygen atoms in total. The number of carbonyl (C=O) groups excluding carboxylic acids is 1. The Labute approximate surface area is 108 Å². The number of ether oxygens (including phenoxy) is 1. The Morgan fingerprint density at radius 3 is 2.65 bits per heavy atom. The molecule has 0 aromatic rings. The predicted molar refractivity (Wildman–Crippen MR) is 70.4 cm³/mol. The number of thiocarbonyl (C=S) groups is 1. The highest BCUT2D eigenvalue weighted by Crippen LogP contribution is 2.21. The van der Waals surface area contributed by atoms with Crippen molar-refractivity contribution in [3.63, 3.8) is 0 Å². The Hall–Kier alpha value is -0.930. The molecule has 0 radical (unpaired) electrons. The zero-order valence-electron chi connectivity index (χ0n) is 10.7. The molecule has 1 N–H and O–H groups in total. The van der Waals surface area contributed by atoms with Crippen LogP contribution in [0.4, 0.5) is 4.79 Å². The highest BCUT2D eigenvalue weighted by atomic mass is 32.1. The van der Waals surface area contributed by atoms with Gasteiger partial charge in [-0.25, -0.2) is 9.79 Å². The van der Waals surface area contributed by atoms with Crippen LogP contribution in [0.1, 0.15) is 46.5 Å². The van der Waals surface area contributed by atoms with Gasteiger partial charge in [0.15, 0.2) is 0 Å². The van der Waals surface area contributed by atoms with E-state index in [1.807, 2.05) is 20.8 Å². The molecular formula is C12H20N2O2S. The van der Waals surface area contributed by atoms with Crippen molar-refractivity contribution in [2.75, 3.05) is 0 Å². The number of isothiocyanates is 1. The second kappa shape index (κ2) is 6.12. The SMILES string of the molecule is CC(C)(C)OC(=O)N[C@H]1CCCC[C@H]1N=C=S. The molecule has 17 heavy (non-hydrogen) atoms. The standard InChI is InChI=1S/C12H20N2O2S/c1-12(2,3)16-11(15)14-10-7-5-4-6-9(10)13-8-17/h9-10H,4-7H2,1-3H3,(H,14,15)/t9-,10+/m1/s1. The lowest BCUT2D eigenvalue weighted by molar-refractivity contribution is 0.0486. The van der Waals surface area contributed by atoms with Gasteiger partial charge in [0.25, 0.3) is 0 Å². The van der Waals surface area contributed by atoms with E-state index >= 15 is 0 Å². The summed E-state index contributed by atoms with van der Waals surface area (Å²) in [7, 11) is 0. The summed E-state index contributed by atoms with van der Waals surface area (Å²) in [5.74, 6) is 0. The average molecular weight is 256 g/mol. The van der Waals surface area contributed by atoms with Crippen LogP contribution >= 0.6 is 12.2 Å². The maximum atomic E-state index is 11.7. The number of nitrogens with one attached hydrogen (secondary N) is 1. The molecule has 0 saturated heterocycles. The monoisotopic (exact) mass is 256 g/mol. The predicted octanol–water partition coefficient (Wildman–Crippen LogP) is 2.93. The van der Waals surface area contributed by atoms with Gasteiger partial charge in [-0.3, -0.25) is 0 Å². The second-order valence-electron chi connectivity index (χ2n) is 5.32. The van der Waals surface area contributed by atoms with Gasteiger partial charge in [0, 0.05) is 0 Å². The number of carbonyl (C=O) groups is 1. The maximum absolute atomic E-state index is 11.7. The smallest absolute Gasteiger partial charge is 0.407 e. The second-order valence-corrected chi connectivity index (χ2v) is 5.51. The first-order valence-electron chi connectivity index (χ1n) is 5.99. The minimum atomic E-state index is -0.471. The van der Waals surface area contributed by atoms with Gasteiger partial charge in [-0.1, -0.05) is 12.8 Å². The highest BCUT2D eigenvalue weighted by Gasteiger charge is 2.27. The topological polar surface area (TPSA) is 50.7 Å². The van der Waals surface area contributed by atoms with Crippen molar-refractivity contribution in [2.45, 2.75) is 64.1 Å². The van der Waals surface area contributed by atoms with Crippen molar-refractivity contribution in [2.24, 2.45) is 4.99 Å². The van der Waals surface area contributed by atoms with Crippen LogP contribution in [0.2, 0.25) is 0 Å². The van der Waals surface area contributed by atoms with Crippen molar-refractivity contribution >= 4 is 23.5 Å². The molecule has 0 unspecified atom stereocenters. The number of hydrogen-bond donors (Lipinski definition) is 1. The fraction of sp³-hybridized carbons (Fsp3) is 0.833. The van der Waals surface area contributed by atoms with Gasteiger partial charge in [-0.15, -0.1) is 0 Å². The van der Waals surface area contributed by atoms with Crippen molar-refractivity contribution < 1.29 is 9.53 Å². The summed E-state index contributed by atoms with van der Waals surface area (Å²) < 4.78 is 5.23. The summed E-state index contributed by atoms with van der Waals surface area (Å²) in [4.78, 5) is 15.8. The lowest BCUT2D eigenvalue weighted by atomic mass is 9.91. The van der Waals surface area contributed by atoms with E-state index in [-0.39, 0.29) is 18.2 Å². The minimum absolute atomic E-state index is 0.0223. The first-order valence-corrected chi connectivity index (χ1v) is 6.40. The van der Waals surface area contributed by atoms with Crippen LogP contribution < -0.4 is 5.32 Å². The Bertz CT molecular complexity index is 319. The summed E-state index contributed by atoms with van der Waals surface area (Å²) in [6, 6.07) is 0.0721. The molecule has 0 aromatic carbocycles. The van der Waals surface area contributed by atoms with Crippen molar-refractivity contribution in [1.82, 2.24) is 5.32 Å². The van der Waals surface area contributed by atoms with Crippen LogP contribution in [0, 0.1) is 0 Å². The number of rotatable bonds is 2. The van der Waals surface area contributed by atoms with Gasteiger partial charge in [-0.05, 0) is 45.8 Å². The van der Waals surface area contributed by atoms with E-state index in [4.69, 9.17) is 4.74 Å². The summed E-state index contributed by atoms with van der Waals surface area (Å²) in [6.45, 7) is 5.54. The van der Waals surface area contributed by atoms with Gasteiger partial charge >= 0.3 is 6.09 Å². The molecule has 1 amide bonds. The van der Waals surface area contributed by atoms with E-state index in [0.29, 0.717) is 0 Å². The Balaban J connectivity index is 2.53. The van der Waals surface area contributed by atoms with Crippen molar-refractivity contribution in [3.8, 4) is 0 Å². The third-order valence-corrected chi connectivity index (χ3v) is 2.76. The summed E-state index contributed by atoms with van der Waals surface area (Å²) in [5.41, 5.74) is -0.471. The molecule has 96 valence electrons. The number of hydrogen-bond acceptors (Lipinski definition) is 4. The van der Waals surface area contributed by atoms with E-state index in [2.05, 4.69) is 27.7 Å². The Kier molecular flexibility index (Phi) is 5.09. The molecule has 0 bridgehead atoms. The number of aliphatic imine (C=N–C) groups is 1. The molecule has 0 heterocycles. The third kappa shape index (κ3) is 5.29. The maximum Gasteiger partial charge on any atom is 0.407 e. The zero-order chi connectivity index (χ0) is 12.9. The van der Waals surface area contributed by atoms with Gasteiger partial charge < -0.3 is 10.1 Å². The molecule has 1 aliphatic carbocycles. The molecular weight excluding hydrogens is 236 g/mol. The largest absolute Gasteiger partial charge is 0.444 e. The fourth-order valence-corrected chi connectivity index (χ4v) is 2.10. The van der Waals surface area contributed by atoms with Gasteiger partial charge in [0.2, 0.25) is 0 Å². The molecule has 0 aliphatic heterocycles. The highest BCUT2D eigenvalue weighted by molar-refractivity contribution is 7.78. The van der Waals surface area contributed by atoms with Crippen LogP contribution in [-0.2, 0) is 4.74 Å². The van der Waals surface area contributed by atoms with Crippen LogP contribution in [0.3, 0.4) is 0 Å². The molecule has 1 rings (SSSR count). The lowest BCUT2D eigenvalue weighted by Crippen LogP contribution is -2.46. The van der Waals surface area contributed by atoms with E-state index in [1.54, 1.807) is 0 Å². The summed E-state index contributed by atoms with van der Waals surface area (Å²) in [6.07, 6.45) is 3.71. The zero-order valence-corrected chi connectivity index (χ0v) is 11.5. The Morgan fingerprint density at radius 2 is 2.06 bits per heavy atom. The Morgan fingerprint density at radius 1 is 1.41 bits per heavy atom. The normalized spacial score (nSPS) is 24.6. The third-order valence-electron chi connectivity index (χ3n) is 2.65. The van der Waals surface area contributed by atoms with Crippen LogP contribution in [0.25, 0.3) is 0 Å². The van der Waals surface area contributed by atoms with Gasteiger partial charge in [0.05, 0.1) is 17.2 Å². The van der Waals surface area contributed by atoms with E-state index in [9.17, 15) is 4.79 Å². The number of nitrogens with zero attached hydrogens (tertiary/aromatic N) is 1. The molecule has 0 spiro atoms. The van der Waals surface area contributed by atoms with Crippen molar-refractivity contribution in [3.05, 3.63) is 0 Å². The van der Waals surface area contributed by atoms with Crippen LogP contribution in [-0.4, -0.2) is 28.9 Å². The molecule has 5 heteroatoms. The van der Waals surface area contributed by atoms with Crippen molar-refractivity contribution in [1.29, 1.82) is 0 Å². The van der Waals surface area contributed by atoms with Crippen LogP contribution in [0.15, 0.2) is 4.99 Å². The summed E-state index contributed by atoms with van der Waals surface area (Å²) in [5, 5.41) is 5.27. The first kappa shape index (κ1) is 14.1. The molecule has 1 fully saturated rings. The van der Waals surface area contributed by atoms with Gasteiger partial charge in [0.1, 0.15) is 5.60 Å². The minimum Gasteiger partial charge on any atom is -0.444 e. The van der Waals surface area contributed by atoms with E-state index < -0.39 is 5.60 Å². The molecule has 1 aliphatic rings. The van der Waals surface area contributed by atoms with E-state index in [0.717, 1.165) is 25.7 Å². The molecule has 2 atom stereocenters. The quantitative estimate of drug-likeness (QED) is 0.610. The van der Waals surface area contributed by atoms with Gasteiger partial charge in [-0.2, -0.15) is 0 Å². The number of amides is 1. The van der Waals surface area contributed by atoms with E-state index in [1.165, 1.54) is 0 Å². The lowest BCUT2D eigenvalue weighted by Gasteiger charge is -2.29.